The first-order chi connectivity index (χ1) is 11.3. The van der Waals surface area contributed by atoms with Crippen LogP contribution >= 0.6 is 23.2 Å². The molecule has 0 aliphatic carbocycles. The summed E-state index contributed by atoms with van der Waals surface area (Å²) in [5.74, 6) is -0.412. The number of nitro benzene ring substituents is 1. The number of carbonyl (C=O) groups is 1. The van der Waals surface area contributed by atoms with Crippen molar-refractivity contribution in [3.8, 4) is 0 Å². The number of carbonyl (C=O) groups excluding carboxylic acids is 1. The summed E-state index contributed by atoms with van der Waals surface area (Å²) < 4.78 is 1.54. The third-order valence-electron chi connectivity index (χ3n) is 3.64. The molecule has 1 aromatic carbocycles. The smallest absolute Gasteiger partial charge is 0.294 e. The molecule has 24 heavy (non-hydrogen) atoms. The van der Waals surface area contributed by atoms with E-state index in [-0.39, 0.29) is 16.4 Å². The van der Waals surface area contributed by atoms with Crippen molar-refractivity contribution in [3.05, 3.63) is 49.7 Å². The number of hydrogen-bond acceptors (Lipinski definition) is 4. The van der Waals surface area contributed by atoms with Crippen LogP contribution in [0.2, 0.25) is 10.0 Å². The minimum atomic E-state index is -0.633. The summed E-state index contributed by atoms with van der Waals surface area (Å²) in [6, 6.07) is 3.44. The molecule has 1 unspecified atom stereocenters. The fourth-order valence-electron chi connectivity index (χ4n) is 2.39. The molecule has 0 spiro atoms. The van der Waals surface area contributed by atoms with E-state index in [9.17, 15) is 14.9 Å². The highest BCUT2D eigenvalue weighted by Crippen LogP contribution is 2.29. The van der Waals surface area contributed by atoms with Gasteiger partial charge >= 0.3 is 0 Å². The third kappa shape index (κ3) is 3.52. The van der Waals surface area contributed by atoms with Crippen LogP contribution in [0.15, 0.2) is 18.2 Å². The lowest BCUT2D eigenvalue weighted by Gasteiger charge is -2.17. The second-order valence-corrected chi connectivity index (χ2v) is 6.08. The van der Waals surface area contributed by atoms with Crippen molar-refractivity contribution in [3.63, 3.8) is 0 Å². The monoisotopic (exact) mass is 370 g/mol. The molecule has 0 radical (unpaired) electrons. The average Bonchev–Trinajstić information content (AvgIpc) is 2.77. The van der Waals surface area contributed by atoms with Crippen molar-refractivity contribution in [2.45, 2.75) is 33.2 Å². The number of halogens is 2. The van der Waals surface area contributed by atoms with Crippen LogP contribution in [0.4, 0.5) is 11.4 Å². The molecule has 0 saturated heterocycles. The van der Waals surface area contributed by atoms with Gasteiger partial charge in [0.05, 0.1) is 21.3 Å². The Bertz CT molecular complexity index is 804. The van der Waals surface area contributed by atoms with Crippen LogP contribution in [0.25, 0.3) is 0 Å². The van der Waals surface area contributed by atoms with Gasteiger partial charge in [0.1, 0.15) is 11.7 Å². The molecule has 128 valence electrons. The number of aromatic nitrogens is 2. The van der Waals surface area contributed by atoms with Crippen molar-refractivity contribution >= 4 is 40.5 Å². The quantitative estimate of drug-likeness (QED) is 0.627. The maximum absolute atomic E-state index is 12.6. The number of benzene rings is 1. The fourth-order valence-corrected chi connectivity index (χ4v) is 2.68. The topological polar surface area (TPSA) is 90.1 Å². The number of amides is 1. The highest BCUT2D eigenvalue weighted by Gasteiger charge is 2.25. The highest BCUT2D eigenvalue weighted by atomic mass is 35.5. The van der Waals surface area contributed by atoms with Gasteiger partial charge in [-0.2, -0.15) is 5.10 Å². The third-order valence-corrected chi connectivity index (χ3v) is 4.42. The Balaban J connectivity index is 2.34. The number of nitro groups is 1. The average molecular weight is 371 g/mol. The van der Waals surface area contributed by atoms with Crippen molar-refractivity contribution in [1.82, 2.24) is 9.78 Å². The lowest BCUT2D eigenvalue weighted by molar-refractivity contribution is -0.383. The summed E-state index contributed by atoms with van der Waals surface area (Å²) in [7, 11) is 0. The predicted molar refractivity (Wildman–Crippen MR) is 92.8 cm³/mol. The first-order valence-electron chi connectivity index (χ1n) is 7.22. The SMILES string of the molecule is CCC(C(=O)Nc1ccc(Cl)cc1[N+](=O)[O-])n1nc(C)c(Cl)c1C. The van der Waals surface area contributed by atoms with Crippen LogP contribution in [0.3, 0.4) is 0 Å². The second kappa shape index (κ2) is 7.19. The van der Waals surface area contributed by atoms with E-state index in [1.807, 2.05) is 6.92 Å². The van der Waals surface area contributed by atoms with Gasteiger partial charge < -0.3 is 5.32 Å². The molecule has 9 heteroatoms. The number of rotatable bonds is 5. The Morgan fingerprint density at radius 2 is 2.08 bits per heavy atom. The van der Waals surface area contributed by atoms with Crippen LogP contribution in [0.1, 0.15) is 30.8 Å². The van der Waals surface area contributed by atoms with Crippen LogP contribution in [-0.4, -0.2) is 20.6 Å². The van der Waals surface area contributed by atoms with E-state index in [0.717, 1.165) is 0 Å². The Kier molecular flexibility index (Phi) is 5.46. The van der Waals surface area contributed by atoms with E-state index in [1.54, 1.807) is 13.8 Å². The van der Waals surface area contributed by atoms with Gasteiger partial charge in [-0.15, -0.1) is 0 Å². The minimum absolute atomic E-state index is 0.0838. The highest BCUT2D eigenvalue weighted by molar-refractivity contribution is 6.32. The van der Waals surface area contributed by atoms with E-state index in [4.69, 9.17) is 23.2 Å². The number of hydrogen-bond donors (Lipinski definition) is 1. The van der Waals surface area contributed by atoms with Crippen molar-refractivity contribution in [2.24, 2.45) is 0 Å². The Morgan fingerprint density at radius 3 is 2.58 bits per heavy atom. The number of aryl methyl sites for hydroxylation is 1. The lowest BCUT2D eigenvalue weighted by atomic mass is 10.2. The van der Waals surface area contributed by atoms with Gasteiger partial charge in [0.25, 0.3) is 5.69 Å². The molecule has 0 fully saturated rings. The molecular formula is C15H16Cl2N4O3. The van der Waals surface area contributed by atoms with E-state index in [2.05, 4.69) is 10.4 Å². The van der Waals surface area contributed by atoms with Crippen molar-refractivity contribution < 1.29 is 9.72 Å². The zero-order valence-electron chi connectivity index (χ0n) is 13.3. The molecular weight excluding hydrogens is 355 g/mol. The van der Waals surface area contributed by atoms with Crippen molar-refractivity contribution in [1.29, 1.82) is 0 Å². The molecule has 1 atom stereocenters. The summed E-state index contributed by atoms with van der Waals surface area (Å²) in [6.45, 7) is 5.34. The van der Waals surface area contributed by atoms with Gasteiger partial charge in [0, 0.05) is 11.1 Å². The van der Waals surface area contributed by atoms with Gasteiger partial charge in [-0.1, -0.05) is 30.1 Å². The summed E-state index contributed by atoms with van der Waals surface area (Å²) in [5, 5.41) is 18.7. The van der Waals surface area contributed by atoms with Gasteiger partial charge in [0.2, 0.25) is 5.91 Å². The first-order valence-corrected chi connectivity index (χ1v) is 7.97. The van der Waals surface area contributed by atoms with E-state index < -0.39 is 16.9 Å². The summed E-state index contributed by atoms with van der Waals surface area (Å²) >= 11 is 11.9. The Hall–Kier alpha value is -2.12. The van der Waals surface area contributed by atoms with E-state index >= 15 is 0 Å². The predicted octanol–water partition coefficient (Wildman–Crippen LogP) is 4.30. The van der Waals surface area contributed by atoms with Gasteiger partial charge in [-0.25, -0.2) is 0 Å². The minimum Gasteiger partial charge on any atom is -0.318 e. The van der Waals surface area contributed by atoms with E-state index in [1.165, 1.54) is 22.9 Å². The van der Waals surface area contributed by atoms with Gasteiger partial charge in [-0.3, -0.25) is 19.6 Å². The number of nitrogens with zero attached hydrogens (tertiary/aromatic N) is 3. The molecule has 2 rings (SSSR count). The number of anilines is 1. The van der Waals surface area contributed by atoms with Gasteiger partial charge in [0.15, 0.2) is 0 Å². The zero-order valence-corrected chi connectivity index (χ0v) is 14.9. The second-order valence-electron chi connectivity index (χ2n) is 5.26. The lowest BCUT2D eigenvalue weighted by Crippen LogP contribution is -2.27. The molecule has 7 nitrogen and oxygen atoms in total. The van der Waals surface area contributed by atoms with Crippen LogP contribution in [-0.2, 0) is 4.79 Å². The van der Waals surface area contributed by atoms with Crippen LogP contribution < -0.4 is 5.32 Å². The standard InChI is InChI=1S/C15H16Cl2N4O3/c1-4-12(20-9(3)14(17)8(2)19-20)15(22)18-11-6-5-10(16)7-13(11)21(23)24/h5-7,12H,4H2,1-3H3,(H,18,22). The molecule has 2 aromatic rings. The Morgan fingerprint density at radius 1 is 1.42 bits per heavy atom. The maximum atomic E-state index is 12.6. The first kappa shape index (κ1) is 18.2. The number of nitrogens with one attached hydrogen (secondary N) is 1. The Labute approximate surface area is 148 Å². The zero-order chi connectivity index (χ0) is 18.0. The molecule has 1 heterocycles. The van der Waals surface area contributed by atoms with Gasteiger partial charge in [-0.05, 0) is 32.4 Å². The molecule has 0 bridgehead atoms. The molecule has 1 aromatic heterocycles. The largest absolute Gasteiger partial charge is 0.318 e. The van der Waals surface area contributed by atoms with E-state index in [0.29, 0.717) is 22.8 Å². The van der Waals surface area contributed by atoms with Crippen molar-refractivity contribution in [2.75, 3.05) is 5.32 Å². The van der Waals surface area contributed by atoms with Crippen LogP contribution in [0.5, 0.6) is 0 Å². The normalized spacial score (nSPS) is 12.0. The molecule has 1 amide bonds. The molecule has 0 aliphatic rings. The van der Waals surface area contributed by atoms with Crippen LogP contribution in [0, 0.1) is 24.0 Å². The molecule has 0 aliphatic heterocycles. The molecule has 1 N–H and O–H groups in total. The molecule has 0 saturated carbocycles. The summed E-state index contributed by atoms with van der Waals surface area (Å²) in [5.41, 5.74) is 1.11. The fraction of sp³-hybridized carbons (Fsp3) is 0.333. The summed E-state index contributed by atoms with van der Waals surface area (Å²) in [4.78, 5) is 23.1. The summed E-state index contributed by atoms with van der Waals surface area (Å²) in [6.07, 6.45) is 0.450. The maximum Gasteiger partial charge on any atom is 0.294 e.